The Bertz CT molecular complexity index is 753. The van der Waals surface area contributed by atoms with E-state index in [2.05, 4.69) is 43.7 Å². The summed E-state index contributed by atoms with van der Waals surface area (Å²) in [7, 11) is 0. The lowest BCUT2D eigenvalue weighted by Gasteiger charge is -2.03. The van der Waals surface area contributed by atoms with Gasteiger partial charge in [0.1, 0.15) is 0 Å². The van der Waals surface area contributed by atoms with E-state index in [1.54, 1.807) is 0 Å². The van der Waals surface area contributed by atoms with Gasteiger partial charge in [-0.1, -0.05) is 45.4 Å². The summed E-state index contributed by atoms with van der Waals surface area (Å²) in [5.74, 6) is 1.10. The van der Waals surface area contributed by atoms with E-state index >= 15 is 0 Å². The zero-order chi connectivity index (χ0) is 14.1. The van der Waals surface area contributed by atoms with Crippen molar-refractivity contribution < 1.29 is 4.52 Å². The fourth-order valence-corrected chi connectivity index (χ4v) is 2.83. The summed E-state index contributed by atoms with van der Waals surface area (Å²) >= 11 is 5.70. The third kappa shape index (κ3) is 2.60. The SMILES string of the molecule is Nc1noc(-c2cccc(I)c2)c1-c1ccc(Br)cc1. The van der Waals surface area contributed by atoms with Crippen molar-refractivity contribution in [2.45, 2.75) is 0 Å². The van der Waals surface area contributed by atoms with Crippen LogP contribution < -0.4 is 5.73 Å². The van der Waals surface area contributed by atoms with Crippen molar-refractivity contribution in [2.24, 2.45) is 0 Å². The molecule has 1 heterocycles. The molecule has 100 valence electrons. The fraction of sp³-hybridized carbons (Fsp3) is 0. The highest BCUT2D eigenvalue weighted by Gasteiger charge is 2.17. The number of hydrogen-bond donors (Lipinski definition) is 1. The van der Waals surface area contributed by atoms with Crippen molar-refractivity contribution >= 4 is 44.3 Å². The van der Waals surface area contributed by atoms with Crippen LogP contribution in [0.25, 0.3) is 22.5 Å². The first kappa shape index (κ1) is 13.6. The second-order valence-electron chi connectivity index (χ2n) is 4.29. The molecule has 0 fully saturated rings. The molecule has 0 radical (unpaired) electrons. The molecule has 0 spiro atoms. The summed E-state index contributed by atoms with van der Waals surface area (Å²) in [4.78, 5) is 0. The van der Waals surface area contributed by atoms with Crippen LogP contribution in [0.1, 0.15) is 0 Å². The van der Waals surface area contributed by atoms with Gasteiger partial charge in [-0.3, -0.25) is 0 Å². The Morgan fingerprint density at radius 2 is 1.80 bits per heavy atom. The average molecular weight is 441 g/mol. The topological polar surface area (TPSA) is 52.0 Å². The average Bonchev–Trinajstić information content (AvgIpc) is 2.82. The van der Waals surface area contributed by atoms with Crippen molar-refractivity contribution in [3.05, 3.63) is 56.6 Å². The molecule has 2 aromatic carbocycles. The molecule has 0 aliphatic heterocycles. The zero-order valence-corrected chi connectivity index (χ0v) is 14.1. The number of halogens is 2. The molecule has 20 heavy (non-hydrogen) atoms. The molecule has 0 saturated carbocycles. The van der Waals surface area contributed by atoms with E-state index in [0.29, 0.717) is 11.6 Å². The highest BCUT2D eigenvalue weighted by molar-refractivity contribution is 14.1. The molecule has 0 aliphatic rings. The van der Waals surface area contributed by atoms with Gasteiger partial charge in [-0.25, -0.2) is 0 Å². The van der Waals surface area contributed by atoms with Gasteiger partial charge in [-0.15, -0.1) is 0 Å². The minimum absolute atomic E-state index is 0.404. The number of rotatable bonds is 2. The van der Waals surface area contributed by atoms with Crippen molar-refractivity contribution in [1.29, 1.82) is 0 Å². The van der Waals surface area contributed by atoms with Gasteiger partial charge in [-0.05, 0) is 52.4 Å². The van der Waals surface area contributed by atoms with Crippen molar-refractivity contribution in [2.75, 3.05) is 5.73 Å². The van der Waals surface area contributed by atoms with E-state index in [1.807, 2.05) is 48.5 Å². The Labute approximate surface area is 138 Å². The summed E-state index contributed by atoms with van der Waals surface area (Å²) in [5, 5.41) is 3.91. The Kier molecular flexibility index (Phi) is 3.80. The van der Waals surface area contributed by atoms with E-state index in [0.717, 1.165) is 24.7 Å². The summed E-state index contributed by atoms with van der Waals surface area (Å²) in [5.41, 5.74) is 8.76. The van der Waals surface area contributed by atoms with Gasteiger partial charge in [0.25, 0.3) is 0 Å². The normalized spacial score (nSPS) is 10.7. The van der Waals surface area contributed by atoms with E-state index in [-0.39, 0.29) is 0 Å². The van der Waals surface area contributed by atoms with Crippen LogP contribution in [0.3, 0.4) is 0 Å². The molecule has 0 aliphatic carbocycles. The lowest BCUT2D eigenvalue weighted by atomic mass is 10.0. The molecule has 2 N–H and O–H groups in total. The maximum atomic E-state index is 5.97. The first-order chi connectivity index (χ1) is 9.65. The first-order valence-electron chi connectivity index (χ1n) is 5.92. The van der Waals surface area contributed by atoms with Crippen molar-refractivity contribution in [3.63, 3.8) is 0 Å². The molecule has 0 bridgehead atoms. The number of hydrogen-bond acceptors (Lipinski definition) is 3. The van der Waals surface area contributed by atoms with Gasteiger partial charge in [-0.2, -0.15) is 0 Å². The molecule has 5 heteroatoms. The second-order valence-corrected chi connectivity index (χ2v) is 6.45. The zero-order valence-electron chi connectivity index (χ0n) is 10.3. The molecular weight excluding hydrogens is 431 g/mol. The van der Waals surface area contributed by atoms with Crippen LogP contribution in [-0.4, -0.2) is 5.16 Å². The summed E-state index contributed by atoms with van der Waals surface area (Å²) in [6.07, 6.45) is 0. The summed E-state index contributed by atoms with van der Waals surface area (Å²) < 4.78 is 7.59. The molecule has 1 aromatic heterocycles. The van der Waals surface area contributed by atoms with Crippen LogP contribution in [0.15, 0.2) is 57.5 Å². The number of nitrogen functional groups attached to an aromatic ring is 1. The predicted octanol–water partition coefficient (Wildman–Crippen LogP) is 4.96. The van der Waals surface area contributed by atoms with Crippen molar-refractivity contribution in [3.8, 4) is 22.5 Å². The van der Waals surface area contributed by atoms with Gasteiger partial charge in [0, 0.05) is 13.6 Å². The van der Waals surface area contributed by atoms with Crippen LogP contribution in [0.2, 0.25) is 0 Å². The Morgan fingerprint density at radius 3 is 2.50 bits per heavy atom. The van der Waals surface area contributed by atoms with Crippen LogP contribution in [-0.2, 0) is 0 Å². The van der Waals surface area contributed by atoms with Gasteiger partial charge in [0.2, 0.25) is 0 Å². The third-order valence-corrected chi connectivity index (χ3v) is 4.14. The fourth-order valence-electron chi connectivity index (χ4n) is 2.02. The third-order valence-electron chi connectivity index (χ3n) is 2.94. The van der Waals surface area contributed by atoms with Gasteiger partial charge in [0.05, 0.1) is 5.56 Å². The van der Waals surface area contributed by atoms with Gasteiger partial charge >= 0.3 is 0 Å². The van der Waals surface area contributed by atoms with Crippen molar-refractivity contribution in [1.82, 2.24) is 5.16 Å². The highest BCUT2D eigenvalue weighted by atomic mass is 127. The van der Waals surface area contributed by atoms with E-state index in [9.17, 15) is 0 Å². The van der Waals surface area contributed by atoms with E-state index < -0.39 is 0 Å². The number of anilines is 1. The van der Waals surface area contributed by atoms with Crippen LogP contribution in [0.4, 0.5) is 5.82 Å². The highest BCUT2D eigenvalue weighted by Crippen LogP contribution is 2.37. The molecule has 0 saturated heterocycles. The lowest BCUT2D eigenvalue weighted by Crippen LogP contribution is -1.89. The Hall–Kier alpha value is -1.34. The van der Waals surface area contributed by atoms with Gasteiger partial charge < -0.3 is 10.3 Å². The molecular formula is C15H10BrIN2O. The number of aromatic nitrogens is 1. The minimum Gasteiger partial charge on any atom is -0.380 e. The Balaban J connectivity index is 2.17. The smallest absolute Gasteiger partial charge is 0.176 e. The number of nitrogens with zero attached hydrogens (tertiary/aromatic N) is 1. The predicted molar refractivity (Wildman–Crippen MR) is 92.2 cm³/mol. The maximum Gasteiger partial charge on any atom is 0.176 e. The molecule has 3 nitrogen and oxygen atoms in total. The molecule has 3 aromatic rings. The van der Waals surface area contributed by atoms with Gasteiger partial charge in [0.15, 0.2) is 11.6 Å². The standard InChI is InChI=1S/C15H10BrIN2O/c16-11-6-4-9(5-7-11)13-14(20-19-15(13)18)10-2-1-3-12(17)8-10/h1-8H,(H2,18,19). The summed E-state index contributed by atoms with van der Waals surface area (Å²) in [6, 6.07) is 16.0. The van der Waals surface area contributed by atoms with E-state index in [1.165, 1.54) is 0 Å². The Morgan fingerprint density at radius 1 is 1.05 bits per heavy atom. The van der Waals surface area contributed by atoms with E-state index in [4.69, 9.17) is 10.3 Å². The first-order valence-corrected chi connectivity index (χ1v) is 7.79. The largest absolute Gasteiger partial charge is 0.380 e. The molecule has 0 atom stereocenters. The lowest BCUT2D eigenvalue weighted by molar-refractivity contribution is 0.436. The minimum atomic E-state index is 0.404. The quantitative estimate of drug-likeness (QED) is 0.573. The molecule has 0 unspecified atom stereocenters. The van der Waals surface area contributed by atoms with Crippen LogP contribution >= 0.6 is 38.5 Å². The molecule has 0 amide bonds. The second kappa shape index (κ2) is 5.57. The van der Waals surface area contributed by atoms with Crippen LogP contribution in [0, 0.1) is 3.57 Å². The maximum absolute atomic E-state index is 5.97. The number of benzene rings is 2. The number of nitrogens with two attached hydrogens (primary N) is 1. The summed E-state index contributed by atoms with van der Waals surface area (Å²) in [6.45, 7) is 0. The monoisotopic (exact) mass is 440 g/mol. The molecule has 3 rings (SSSR count). The van der Waals surface area contributed by atoms with Crippen LogP contribution in [0.5, 0.6) is 0 Å².